The summed E-state index contributed by atoms with van der Waals surface area (Å²) in [4.78, 5) is 53.4. The van der Waals surface area contributed by atoms with Crippen molar-refractivity contribution in [3.8, 4) is 0 Å². The molecule has 30 heavy (non-hydrogen) atoms. The Balaban J connectivity index is 2.06. The van der Waals surface area contributed by atoms with Crippen molar-refractivity contribution in [2.24, 2.45) is 0 Å². The third-order valence-electron chi connectivity index (χ3n) is 3.59. The number of hydrogen-bond acceptors (Lipinski definition) is 12. The molecule has 0 amide bonds. The third-order valence-corrected chi connectivity index (χ3v) is 6.65. The van der Waals surface area contributed by atoms with Gasteiger partial charge in [0.1, 0.15) is 23.3 Å². The predicted octanol–water partition coefficient (Wildman–Crippen LogP) is -1.65. The van der Waals surface area contributed by atoms with Crippen molar-refractivity contribution < 1.29 is 57.1 Å². The number of carbonyl (C=O) groups excluding carboxylic acids is 1. The molecule has 1 unspecified atom stereocenters. The molecule has 0 spiro atoms. The van der Waals surface area contributed by atoms with E-state index in [9.17, 15) is 33.8 Å². The minimum absolute atomic E-state index is 0.0917. The smallest absolute Gasteiger partial charge is 0.468 e. The van der Waals surface area contributed by atoms with Crippen molar-refractivity contribution in [1.29, 1.82) is 0 Å². The summed E-state index contributed by atoms with van der Waals surface area (Å²) in [6.45, 7) is -0.905. The zero-order chi connectivity index (χ0) is 22.7. The molecule has 0 saturated carbocycles. The van der Waals surface area contributed by atoms with E-state index in [1.165, 1.54) is 19.4 Å². The van der Waals surface area contributed by atoms with Crippen LogP contribution in [0.3, 0.4) is 0 Å². The quantitative estimate of drug-likeness (QED) is 0.113. The normalized spacial score (nSPS) is 26.3. The van der Waals surface area contributed by atoms with Gasteiger partial charge in [-0.05, 0) is 6.07 Å². The van der Waals surface area contributed by atoms with Crippen LogP contribution in [0.1, 0.15) is 6.23 Å². The van der Waals surface area contributed by atoms with Gasteiger partial charge in [0.2, 0.25) is 0 Å². The lowest BCUT2D eigenvalue weighted by Gasteiger charge is -2.18. The van der Waals surface area contributed by atoms with Crippen molar-refractivity contribution in [1.82, 2.24) is 9.55 Å². The van der Waals surface area contributed by atoms with Crippen LogP contribution in [0.15, 0.2) is 22.1 Å². The average Bonchev–Trinajstić information content (AvgIpc) is 2.91. The Morgan fingerprint density at radius 1 is 1.30 bits per heavy atom. The number of hydrogen-bond donors (Lipinski definition) is 5. The van der Waals surface area contributed by atoms with Gasteiger partial charge in [0.05, 0.1) is 19.5 Å². The van der Waals surface area contributed by atoms with Crippen LogP contribution in [0.25, 0.3) is 0 Å². The van der Waals surface area contributed by atoms with E-state index in [-0.39, 0.29) is 10.8 Å². The number of ether oxygens (including phenoxy) is 2. The van der Waals surface area contributed by atoms with E-state index >= 15 is 0 Å². The summed E-state index contributed by atoms with van der Waals surface area (Å²) in [6.07, 6.45) is -5.08. The molecule has 15 nitrogen and oxygen atoms in total. The molecule has 18 heteroatoms. The topological polar surface area (TPSA) is 224 Å². The molecule has 0 aromatic carbocycles. The van der Waals surface area contributed by atoms with E-state index in [1.54, 1.807) is 0 Å². The molecular formula is C12H18N2O13P2S. The number of nitrogens with zero attached hydrogens (tertiary/aromatic N) is 2. The Morgan fingerprint density at radius 3 is 2.53 bits per heavy atom. The largest absolute Gasteiger partial charge is 0.481 e. The number of thioether (sulfide) groups is 1. The van der Waals surface area contributed by atoms with Crippen molar-refractivity contribution in [3.05, 3.63) is 22.7 Å². The Kier molecular flexibility index (Phi) is 8.35. The third kappa shape index (κ3) is 6.93. The van der Waals surface area contributed by atoms with E-state index in [4.69, 9.17) is 14.5 Å². The number of aliphatic hydroxyl groups is 2. The van der Waals surface area contributed by atoms with Crippen LogP contribution in [-0.2, 0) is 32.2 Å². The van der Waals surface area contributed by atoms with E-state index in [0.717, 1.165) is 16.3 Å². The number of phosphoric acid groups is 2. The molecule has 1 aliphatic rings. The van der Waals surface area contributed by atoms with Gasteiger partial charge in [-0.25, -0.2) is 13.9 Å². The molecule has 2 heterocycles. The fourth-order valence-electron chi connectivity index (χ4n) is 2.29. The number of aromatic nitrogens is 2. The maximum Gasteiger partial charge on any atom is 0.481 e. The number of esters is 1. The molecule has 0 aliphatic carbocycles. The fourth-order valence-corrected chi connectivity index (χ4v) is 4.57. The zero-order valence-electron chi connectivity index (χ0n) is 15.1. The van der Waals surface area contributed by atoms with E-state index in [2.05, 4.69) is 18.6 Å². The SMILES string of the molecule is COC(=O)CSc1ccn([C@@H]2O[C@H](COP(=O)(O)OP(=O)(O)O)[C@@H](O)[C@H]2O)c(=O)n1. The first kappa shape index (κ1) is 25.1. The maximum absolute atomic E-state index is 12.2. The number of phosphoric ester groups is 1. The highest BCUT2D eigenvalue weighted by Crippen LogP contribution is 2.57. The monoisotopic (exact) mass is 492 g/mol. The van der Waals surface area contributed by atoms with Crippen molar-refractivity contribution in [3.63, 3.8) is 0 Å². The second-order valence-corrected chi connectivity index (χ2v) is 9.53. The highest BCUT2D eigenvalue weighted by Gasteiger charge is 2.45. The van der Waals surface area contributed by atoms with Gasteiger partial charge >= 0.3 is 27.3 Å². The molecule has 1 aliphatic heterocycles. The molecule has 1 fully saturated rings. The van der Waals surface area contributed by atoms with Gasteiger partial charge in [0, 0.05) is 6.20 Å². The molecular weight excluding hydrogens is 474 g/mol. The van der Waals surface area contributed by atoms with E-state index in [0.29, 0.717) is 0 Å². The van der Waals surface area contributed by atoms with Gasteiger partial charge in [-0.1, -0.05) is 11.8 Å². The van der Waals surface area contributed by atoms with Gasteiger partial charge in [-0.3, -0.25) is 13.9 Å². The van der Waals surface area contributed by atoms with Crippen LogP contribution < -0.4 is 5.69 Å². The lowest BCUT2D eigenvalue weighted by atomic mass is 10.1. The molecule has 2 rings (SSSR count). The van der Waals surface area contributed by atoms with Crippen molar-refractivity contribution in [2.45, 2.75) is 29.6 Å². The summed E-state index contributed by atoms with van der Waals surface area (Å²) in [6, 6.07) is 1.34. The Hall–Kier alpha value is -1.16. The average molecular weight is 492 g/mol. The summed E-state index contributed by atoms with van der Waals surface area (Å²) in [5.41, 5.74) is -0.889. The maximum atomic E-state index is 12.2. The standard InChI is InChI=1S/C12H18N2O13P2S/c1-24-8(15)5-30-7-2-3-14(12(18)13-7)11-10(17)9(16)6(26-11)4-25-29(22,23)27-28(19,20)21/h2-3,6,9-11,16-17H,4-5H2,1H3,(H,22,23)(H2,19,20,21)/t6-,9-,10-,11-/m1/s1. The summed E-state index contributed by atoms with van der Waals surface area (Å²) >= 11 is 0.928. The van der Waals surface area contributed by atoms with Gasteiger partial charge in [0.25, 0.3) is 0 Å². The zero-order valence-corrected chi connectivity index (χ0v) is 17.7. The van der Waals surface area contributed by atoms with Gasteiger partial charge in [-0.15, -0.1) is 0 Å². The minimum Gasteiger partial charge on any atom is -0.468 e. The number of carbonyl (C=O) groups is 1. The molecule has 0 radical (unpaired) electrons. The second-order valence-electron chi connectivity index (χ2n) is 5.70. The summed E-state index contributed by atoms with van der Waals surface area (Å²) in [5.74, 6) is -0.624. The van der Waals surface area contributed by atoms with Crippen LogP contribution in [0, 0.1) is 0 Å². The lowest BCUT2D eigenvalue weighted by molar-refractivity contribution is -0.137. The Labute approximate surface area is 172 Å². The van der Waals surface area contributed by atoms with E-state index in [1.807, 2.05) is 0 Å². The fraction of sp³-hybridized carbons (Fsp3) is 0.583. The Morgan fingerprint density at radius 2 is 1.97 bits per heavy atom. The molecule has 0 bridgehead atoms. The summed E-state index contributed by atoms with van der Waals surface area (Å²) in [5, 5.41) is 20.3. The van der Waals surface area contributed by atoms with Crippen LogP contribution in [0.5, 0.6) is 0 Å². The van der Waals surface area contributed by atoms with Crippen molar-refractivity contribution in [2.75, 3.05) is 19.5 Å². The Bertz CT molecular complexity index is 920. The summed E-state index contributed by atoms with van der Waals surface area (Å²) in [7, 11) is -9.33. The van der Waals surface area contributed by atoms with Gasteiger partial charge in [0.15, 0.2) is 6.23 Å². The first-order valence-corrected chi connectivity index (χ1v) is 11.9. The highest BCUT2D eigenvalue weighted by molar-refractivity contribution is 7.99. The first-order chi connectivity index (χ1) is 13.8. The number of aliphatic hydroxyl groups excluding tert-OH is 2. The van der Waals surface area contributed by atoms with Crippen LogP contribution in [0.4, 0.5) is 0 Å². The van der Waals surface area contributed by atoms with Crippen molar-refractivity contribution >= 4 is 33.4 Å². The summed E-state index contributed by atoms with van der Waals surface area (Å²) < 4.78 is 40.6. The lowest BCUT2D eigenvalue weighted by Crippen LogP contribution is -2.36. The van der Waals surface area contributed by atoms with Crippen LogP contribution >= 0.6 is 27.4 Å². The van der Waals surface area contributed by atoms with Gasteiger partial charge in [-0.2, -0.15) is 9.29 Å². The minimum atomic E-state index is -5.34. The molecule has 5 atom stereocenters. The molecule has 170 valence electrons. The van der Waals surface area contributed by atoms with E-state index < -0.39 is 58.5 Å². The predicted molar refractivity (Wildman–Crippen MR) is 96.1 cm³/mol. The molecule has 5 N–H and O–H groups in total. The van der Waals surface area contributed by atoms with Crippen LogP contribution in [-0.4, -0.2) is 78.2 Å². The van der Waals surface area contributed by atoms with Crippen LogP contribution in [0.2, 0.25) is 0 Å². The molecule has 1 aromatic rings. The second kappa shape index (κ2) is 9.97. The first-order valence-electron chi connectivity index (χ1n) is 7.87. The molecule has 1 aromatic heterocycles. The molecule has 1 saturated heterocycles. The number of rotatable bonds is 9. The van der Waals surface area contributed by atoms with Gasteiger partial charge < -0.3 is 34.4 Å². The number of methoxy groups -OCH3 is 1. The highest BCUT2D eigenvalue weighted by atomic mass is 32.2.